The summed E-state index contributed by atoms with van der Waals surface area (Å²) in [5.41, 5.74) is 0.927. The second-order valence-corrected chi connectivity index (χ2v) is 4.66. The zero-order valence-electron chi connectivity index (χ0n) is 10.5. The summed E-state index contributed by atoms with van der Waals surface area (Å²) in [6, 6.07) is 7.94. The van der Waals surface area contributed by atoms with E-state index in [9.17, 15) is 0 Å². The monoisotopic (exact) mass is 243 g/mol. The molecule has 0 saturated carbocycles. The Morgan fingerprint density at radius 3 is 2.78 bits per heavy atom. The average molecular weight is 243 g/mol. The number of likely N-dealkylation sites (tertiary alicyclic amines) is 1. The van der Waals surface area contributed by atoms with E-state index in [-0.39, 0.29) is 6.23 Å². The molecule has 0 N–H and O–H groups in total. The van der Waals surface area contributed by atoms with Crippen molar-refractivity contribution in [2.75, 3.05) is 13.1 Å². The molecule has 0 spiro atoms. The summed E-state index contributed by atoms with van der Waals surface area (Å²) in [4.78, 5) is 10.8. The number of aromatic nitrogens is 2. The molecule has 3 rings (SSSR count). The minimum absolute atomic E-state index is 0.0748. The maximum absolute atomic E-state index is 5.99. The molecule has 2 aromatic rings. The van der Waals surface area contributed by atoms with Crippen LogP contribution in [0.15, 0.2) is 30.6 Å². The van der Waals surface area contributed by atoms with Gasteiger partial charge in [-0.05, 0) is 31.9 Å². The molecule has 1 saturated heterocycles. The van der Waals surface area contributed by atoms with E-state index in [4.69, 9.17) is 4.74 Å². The van der Waals surface area contributed by atoms with Gasteiger partial charge < -0.3 is 4.74 Å². The molecular weight excluding hydrogens is 226 g/mol. The van der Waals surface area contributed by atoms with Crippen LogP contribution in [0.2, 0.25) is 0 Å². The fourth-order valence-corrected chi connectivity index (χ4v) is 2.42. The number of para-hydroxylation sites is 1. The van der Waals surface area contributed by atoms with Gasteiger partial charge in [0.15, 0.2) is 6.23 Å². The van der Waals surface area contributed by atoms with Crippen molar-refractivity contribution in [1.29, 1.82) is 0 Å². The van der Waals surface area contributed by atoms with Gasteiger partial charge in [0.05, 0.1) is 10.9 Å². The van der Waals surface area contributed by atoms with Crippen LogP contribution in [0.3, 0.4) is 0 Å². The van der Waals surface area contributed by atoms with Gasteiger partial charge in [0.25, 0.3) is 0 Å². The lowest BCUT2D eigenvalue weighted by atomic mass is 10.2. The van der Waals surface area contributed by atoms with Crippen molar-refractivity contribution in [2.45, 2.75) is 26.0 Å². The SMILES string of the molecule is CC(Oc1ncnc2ccccc12)N1CCCC1. The first kappa shape index (κ1) is 11.4. The fraction of sp³-hybridized carbons (Fsp3) is 0.429. The van der Waals surface area contributed by atoms with Gasteiger partial charge in [-0.2, -0.15) is 0 Å². The van der Waals surface area contributed by atoms with Gasteiger partial charge in [0, 0.05) is 13.1 Å². The molecule has 1 aliphatic rings. The van der Waals surface area contributed by atoms with Crippen molar-refractivity contribution in [2.24, 2.45) is 0 Å². The van der Waals surface area contributed by atoms with E-state index < -0.39 is 0 Å². The minimum Gasteiger partial charge on any atom is -0.458 e. The zero-order chi connectivity index (χ0) is 12.4. The maximum atomic E-state index is 5.99. The van der Waals surface area contributed by atoms with E-state index in [2.05, 4.69) is 21.8 Å². The number of fused-ring (bicyclic) bond motifs is 1. The van der Waals surface area contributed by atoms with Gasteiger partial charge in [-0.25, -0.2) is 9.97 Å². The first-order chi connectivity index (χ1) is 8.84. The molecule has 4 nitrogen and oxygen atoms in total. The Bertz CT molecular complexity index is 532. The molecule has 0 radical (unpaired) electrons. The van der Waals surface area contributed by atoms with Crippen LogP contribution >= 0.6 is 0 Å². The molecule has 0 aliphatic carbocycles. The number of hydrogen-bond acceptors (Lipinski definition) is 4. The summed E-state index contributed by atoms with van der Waals surface area (Å²) in [6.45, 7) is 4.32. The highest BCUT2D eigenvalue weighted by Gasteiger charge is 2.20. The molecule has 4 heteroatoms. The Kier molecular flexibility index (Phi) is 3.11. The van der Waals surface area contributed by atoms with Crippen LogP contribution in [-0.2, 0) is 0 Å². The Morgan fingerprint density at radius 2 is 1.94 bits per heavy atom. The highest BCUT2D eigenvalue weighted by atomic mass is 16.5. The van der Waals surface area contributed by atoms with Crippen LogP contribution in [-0.4, -0.2) is 34.2 Å². The maximum Gasteiger partial charge on any atom is 0.226 e. The Morgan fingerprint density at radius 1 is 1.17 bits per heavy atom. The van der Waals surface area contributed by atoms with Crippen LogP contribution in [0, 0.1) is 0 Å². The number of nitrogens with zero attached hydrogens (tertiary/aromatic N) is 3. The van der Waals surface area contributed by atoms with E-state index in [0.717, 1.165) is 24.0 Å². The molecule has 94 valence electrons. The molecule has 1 fully saturated rings. The fourth-order valence-electron chi connectivity index (χ4n) is 2.42. The molecule has 1 aliphatic heterocycles. The summed E-state index contributed by atoms with van der Waals surface area (Å²) in [5.74, 6) is 0.681. The predicted molar refractivity (Wildman–Crippen MR) is 70.4 cm³/mol. The van der Waals surface area contributed by atoms with Gasteiger partial charge >= 0.3 is 0 Å². The lowest BCUT2D eigenvalue weighted by Gasteiger charge is -2.24. The van der Waals surface area contributed by atoms with Crippen LogP contribution in [0.1, 0.15) is 19.8 Å². The van der Waals surface area contributed by atoms with Crippen LogP contribution in [0.4, 0.5) is 0 Å². The van der Waals surface area contributed by atoms with E-state index in [1.807, 2.05) is 24.3 Å². The van der Waals surface area contributed by atoms with Crippen molar-refractivity contribution in [3.63, 3.8) is 0 Å². The lowest BCUT2D eigenvalue weighted by Crippen LogP contribution is -2.34. The quantitative estimate of drug-likeness (QED) is 0.830. The van der Waals surface area contributed by atoms with E-state index in [1.165, 1.54) is 12.8 Å². The second kappa shape index (κ2) is 4.90. The summed E-state index contributed by atoms with van der Waals surface area (Å²) >= 11 is 0. The standard InChI is InChI=1S/C14H17N3O/c1-11(17-8-4-5-9-17)18-14-12-6-2-3-7-13(12)15-10-16-14/h2-3,6-7,10-11H,4-5,8-9H2,1H3. The molecule has 1 atom stereocenters. The molecule has 0 amide bonds. The van der Waals surface area contributed by atoms with Gasteiger partial charge in [-0.15, -0.1) is 0 Å². The number of ether oxygens (including phenoxy) is 1. The Hall–Kier alpha value is -1.68. The first-order valence-electron chi connectivity index (χ1n) is 6.45. The van der Waals surface area contributed by atoms with E-state index in [0.29, 0.717) is 5.88 Å². The molecule has 1 aromatic carbocycles. The van der Waals surface area contributed by atoms with Gasteiger partial charge in [-0.1, -0.05) is 12.1 Å². The van der Waals surface area contributed by atoms with E-state index in [1.54, 1.807) is 6.33 Å². The van der Waals surface area contributed by atoms with Gasteiger partial charge in [0.2, 0.25) is 5.88 Å². The number of benzene rings is 1. The average Bonchev–Trinajstić information content (AvgIpc) is 2.93. The summed E-state index contributed by atoms with van der Waals surface area (Å²) in [5, 5.41) is 0.978. The molecule has 1 aromatic heterocycles. The first-order valence-corrected chi connectivity index (χ1v) is 6.45. The van der Waals surface area contributed by atoms with E-state index >= 15 is 0 Å². The van der Waals surface area contributed by atoms with Crippen LogP contribution < -0.4 is 4.74 Å². The largest absolute Gasteiger partial charge is 0.458 e. The van der Waals surface area contributed by atoms with Crippen molar-refractivity contribution in [1.82, 2.24) is 14.9 Å². The highest BCUT2D eigenvalue weighted by Crippen LogP contribution is 2.23. The summed E-state index contributed by atoms with van der Waals surface area (Å²) in [7, 11) is 0. The summed E-state index contributed by atoms with van der Waals surface area (Å²) < 4.78 is 5.99. The summed E-state index contributed by atoms with van der Waals surface area (Å²) in [6.07, 6.45) is 4.16. The topological polar surface area (TPSA) is 38.3 Å². The zero-order valence-corrected chi connectivity index (χ0v) is 10.5. The highest BCUT2D eigenvalue weighted by molar-refractivity contribution is 5.82. The van der Waals surface area contributed by atoms with Crippen molar-refractivity contribution in [3.8, 4) is 5.88 Å². The van der Waals surface area contributed by atoms with Crippen molar-refractivity contribution >= 4 is 10.9 Å². The van der Waals surface area contributed by atoms with Crippen LogP contribution in [0.5, 0.6) is 5.88 Å². The minimum atomic E-state index is 0.0748. The normalized spacial score (nSPS) is 18.1. The lowest BCUT2D eigenvalue weighted by molar-refractivity contribution is 0.0565. The number of rotatable bonds is 3. The smallest absolute Gasteiger partial charge is 0.226 e. The molecule has 18 heavy (non-hydrogen) atoms. The Labute approximate surface area is 107 Å². The second-order valence-electron chi connectivity index (χ2n) is 4.66. The number of hydrogen-bond donors (Lipinski definition) is 0. The van der Waals surface area contributed by atoms with Crippen molar-refractivity contribution in [3.05, 3.63) is 30.6 Å². The third kappa shape index (κ3) is 2.16. The van der Waals surface area contributed by atoms with Gasteiger partial charge in [-0.3, -0.25) is 4.90 Å². The Balaban J connectivity index is 1.85. The third-order valence-electron chi connectivity index (χ3n) is 3.44. The predicted octanol–water partition coefficient (Wildman–Crippen LogP) is 2.45. The molecule has 2 heterocycles. The third-order valence-corrected chi connectivity index (χ3v) is 3.44. The molecule has 1 unspecified atom stereocenters. The molecule has 0 bridgehead atoms. The van der Waals surface area contributed by atoms with Gasteiger partial charge in [0.1, 0.15) is 6.33 Å². The molecular formula is C14H17N3O. The van der Waals surface area contributed by atoms with Crippen molar-refractivity contribution < 1.29 is 4.74 Å². The van der Waals surface area contributed by atoms with Crippen LogP contribution in [0.25, 0.3) is 10.9 Å².